The maximum absolute atomic E-state index is 10.7. The van der Waals surface area contributed by atoms with Crippen LogP contribution in [0.1, 0.15) is 5.56 Å². The van der Waals surface area contributed by atoms with Crippen molar-refractivity contribution in [1.82, 2.24) is 0 Å². The molecule has 0 bridgehead atoms. The summed E-state index contributed by atoms with van der Waals surface area (Å²) in [6, 6.07) is 10.7. The first-order valence-corrected chi connectivity index (χ1v) is 14.4. The second-order valence-electron chi connectivity index (χ2n) is 8.64. The van der Waals surface area contributed by atoms with Gasteiger partial charge in [-0.2, -0.15) is 0 Å². The van der Waals surface area contributed by atoms with Crippen LogP contribution >= 0.6 is 7.81 Å². The van der Waals surface area contributed by atoms with Crippen molar-refractivity contribution in [1.29, 1.82) is 0 Å². The van der Waals surface area contributed by atoms with Crippen LogP contribution in [0.3, 0.4) is 0 Å². The van der Waals surface area contributed by atoms with Gasteiger partial charge in [0.05, 0.1) is 66.0 Å². The Hall–Kier alpha value is 0.586. The molecule has 7 nitrogen and oxygen atoms in total. The molecule has 1 fully saturated rings. The molecule has 1 heterocycles. The predicted molar refractivity (Wildman–Crippen MR) is 130 cm³/mol. The molecular weight excluding hydrogens is 568 g/mol. The van der Waals surface area contributed by atoms with Gasteiger partial charge in [-0.25, -0.2) is 0 Å². The van der Waals surface area contributed by atoms with E-state index >= 15 is 0 Å². The number of halogens is 6. The van der Waals surface area contributed by atoms with E-state index in [1.165, 1.54) is 15.4 Å². The van der Waals surface area contributed by atoms with E-state index in [-0.39, 0.29) is 51.4 Å². The number of hydrogen-bond donors (Lipinski definition) is 2. The van der Waals surface area contributed by atoms with Gasteiger partial charge < -0.3 is 33.5 Å². The van der Waals surface area contributed by atoms with Gasteiger partial charge in [-0.15, -0.1) is 0 Å². The van der Waals surface area contributed by atoms with Crippen LogP contribution in [0.4, 0.5) is 25.2 Å². The van der Waals surface area contributed by atoms with Gasteiger partial charge in [0.1, 0.15) is 32.7 Å². The van der Waals surface area contributed by atoms with Crippen LogP contribution in [0.25, 0.3) is 0 Å². The molecule has 0 spiro atoms. The molecule has 0 atom stereocenters. The summed E-state index contributed by atoms with van der Waals surface area (Å²) in [5.41, 5.74) is 1.38. The zero-order valence-corrected chi connectivity index (χ0v) is 26.5. The van der Waals surface area contributed by atoms with Crippen molar-refractivity contribution in [3.63, 3.8) is 0 Å². The molecule has 1 aromatic carbocycles. The van der Waals surface area contributed by atoms with Crippen molar-refractivity contribution in [2.75, 3.05) is 106 Å². The van der Waals surface area contributed by atoms with Crippen molar-refractivity contribution in [3.8, 4) is 0 Å². The third-order valence-corrected chi connectivity index (χ3v) is 5.41. The number of rotatable bonds is 6. The molecule has 0 aliphatic carbocycles. The Morgan fingerprint density at radius 3 is 1.39 bits per heavy atom. The summed E-state index contributed by atoms with van der Waals surface area (Å²) >= 11 is 0. The Morgan fingerprint density at radius 2 is 1.03 bits per heavy atom. The number of nitrogens with one attached hydrogen (secondary N) is 2. The van der Waals surface area contributed by atoms with Crippen molar-refractivity contribution in [2.45, 2.75) is 6.42 Å². The van der Waals surface area contributed by atoms with Gasteiger partial charge in [-0.1, -0.05) is 30.3 Å². The predicted octanol–water partition coefficient (Wildman–Crippen LogP) is -0.888. The van der Waals surface area contributed by atoms with Crippen molar-refractivity contribution >= 4 is 7.81 Å². The fraction of sp³-hybridized carbons (Fsp3) is 0.739. The fourth-order valence-corrected chi connectivity index (χ4v) is 3.47. The van der Waals surface area contributed by atoms with E-state index in [0.717, 1.165) is 78.7 Å². The Kier molecular flexibility index (Phi) is 20.0. The molecule has 15 heteroatoms. The van der Waals surface area contributed by atoms with Gasteiger partial charge in [-0.3, -0.25) is 0 Å². The van der Waals surface area contributed by atoms with Gasteiger partial charge >= 0.3 is 84.4 Å². The Balaban J connectivity index is 0.00000151. The maximum Gasteiger partial charge on any atom is 1.00 e. The second kappa shape index (κ2) is 19.7. The molecule has 0 saturated carbocycles. The number of benzene rings is 1. The molecule has 1 saturated heterocycles. The minimum Gasteiger partial charge on any atom is 1.00 e. The normalized spacial score (nSPS) is 23.2. The van der Waals surface area contributed by atoms with E-state index < -0.39 is 7.81 Å². The zero-order valence-electron chi connectivity index (χ0n) is 22.5. The van der Waals surface area contributed by atoms with E-state index in [2.05, 4.69) is 30.3 Å². The third-order valence-electron chi connectivity index (χ3n) is 5.41. The zero-order chi connectivity index (χ0) is 27.5. The first-order chi connectivity index (χ1) is 17.3. The maximum atomic E-state index is 9.87. The smallest absolute Gasteiger partial charge is 1.00 e. The molecular formula is C23H42F6KN2O5P+2. The van der Waals surface area contributed by atoms with Crippen LogP contribution in [0.15, 0.2) is 30.3 Å². The number of ether oxygens (including phenoxy) is 5. The van der Waals surface area contributed by atoms with Gasteiger partial charge in [0.2, 0.25) is 0 Å². The van der Waals surface area contributed by atoms with Gasteiger partial charge in [0, 0.05) is 13.5 Å². The molecule has 0 amide bonds. The Bertz CT molecular complexity index is 679. The summed E-state index contributed by atoms with van der Waals surface area (Å²) < 4.78 is 87.6. The summed E-state index contributed by atoms with van der Waals surface area (Å²) in [6.45, 7) is 12.3. The average molecular weight is 611 g/mol. The van der Waals surface area contributed by atoms with E-state index in [0.29, 0.717) is 26.4 Å². The SMILES string of the molecule is COCC[NH+]1CCOCCOCC[NH+](CCc2ccccc2)CCOCCOCC1.F[P-](F)(F)(F)(F)F.[K+]. The van der Waals surface area contributed by atoms with Crippen LogP contribution in [-0.2, 0) is 30.1 Å². The van der Waals surface area contributed by atoms with Crippen LogP contribution < -0.4 is 61.2 Å². The van der Waals surface area contributed by atoms with Gasteiger partial charge in [0.15, 0.2) is 0 Å². The average Bonchev–Trinajstić information content (AvgIpc) is 2.81. The summed E-state index contributed by atoms with van der Waals surface area (Å²) in [5.74, 6) is 0. The summed E-state index contributed by atoms with van der Waals surface area (Å²) in [7, 11) is -8.91. The van der Waals surface area contributed by atoms with Crippen LogP contribution in [0.5, 0.6) is 0 Å². The van der Waals surface area contributed by atoms with Crippen LogP contribution in [-0.4, -0.2) is 106 Å². The minimum absolute atomic E-state index is 0. The number of quaternary nitrogens is 2. The van der Waals surface area contributed by atoms with E-state index in [4.69, 9.17) is 23.7 Å². The Morgan fingerprint density at radius 1 is 0.658 bits per heavy atom. The number of methoxy groups -OCH3 is 1. The Labute approximate surface area is 264 Å². The summed E-state index contributed by atoms with van der Waals surface area (Å²) in [6.07, 6.45) is 1.07. The van der Waals surface area contributed by atoms with E-state index in [1.54, 1.807) is 7.11 Å². The molecule has 2 rings (SSSR count). The van der Waals surface area contributed by atoms with Crippen LogP contribution in [0, 0.1) is 0 Å². The molecule has 0 aromatic heterocycles. The van der Waals surface area contributed by atoms with E-state index in [9.17, 15) is 25.2 Å². The second-order valence-corrected chi connectivity index (χ2v) is 10.6. The van der Waals surface area contributed by atoms with E-state index in [1.807, 2.05) is 0 Å². The fourth-order valence-electron chi connectivity index (χ4n) is 3.47. The molecule has 1 aromatic rings. The summed E-state index contributed by atoms with van der Waals surface area (Å²) in [5, 5.41) is 0. The van der Waals surface area contributed by atoms with Crippen molar-refractivity contribution < 1.29 is 110 Å². The first kappa shape index (κ1) is 38.6. The molecule has 1 aliphatic rings. The van der Waals surface area contributed by atoms with Gasteiger partial charge in [0.25, 0.3) is 0 Å². The molecule has 1 aliphatic heterocycles. The third kappa shape index (κ3) is 29.6. The standard InChI is InChI=1S/C23H40N2O5.F6P.K/c1-26-14-9-25-12-17-29-21-19-27-15-10-24(8-7-23-5-3-2-4-6-23)11-16-28-20-22-30-18-13-25;1-7(2,3,4,5)6;/h2-6H,7-22H2,1H3;;/q;-1;+1/p+2. The van der Waals surface area contributed by atoms with Gasteiger partial charge in [-0.05, 0) is 5.56 Å². The largest absolute Gasteiger partial charge is 1.00 e. The monoisotopic (exact) mass is 610 g/mol. The van der Waals surface area contributed by atoms with Crippen LogP contribution in [0.2, 0.25) is 0 Å². The van der Waals surface area contributed by atoms with Crippen molar-refractivity contribution in [3.05, 3.63) is 35.9 Å². The molecule has 0 radical (unpaired) electrons. The topological polar surface area (TPSA) is 55.0 Å². The quantitative estimate of drug-likeness (QED) is 0.249. The molecule has 220 valence electrons. The first-order valence-electron chi connectivity index (χ1n) is 12.4. The minimum atomic E-state index is -10.7. The molecule has 0 unspecified atom stereocenters. The van der Waals surface area contributed by atoms with Crippen molar-refractivity contribution in [2.24, 2.45) is 0 Å². The summed E-state index contributed by atoms with van der Waals surface area (Å²) in [4.78, 5) is 2.96. The molecule has 2 N–H and O–H groups in total. The molecule has 38 heavy (non-hydrogen) atoms. The number of hydrogen-bond acceptors (Lipinski definition) is 5.